The Bertz CT molecular complexity index is 449. The molecule has 0 N–H and O–H groups in total. The number of likely N-dealkylation sites (N-methyl/N-ethyl adjacent to an activating group) is 1. The maximum Gasteiger partial charge on any atom is 0.0234 e. The third-order valence-electron chi connectivity index (χ3n) is 4.91. The average Bonchev–Trinajstić information content (AvgIpc) is 2.49. The van der Waals surface area contributed by atoms with Gasteiger partial charge in [0.2, 0.25) is 0 Å². The molecule has 2 aliphatic heterocycles. The van der Waals surface area contributed by atoms with Crippen LogP contribution in [0.4, 0.5) is 0 Å². The van der Waals surface area contributed by atoms with E-state index in [0.717, 1.165) is 12.6 Å². The molecular weight excluding hydrogens is 326 g/mol. The van der Waals surface area contributed by atoms with Gasteiger partial charge < -0.3 is 4.90 Å². The number of halogens is 1. The Morgan fingerprint density at radius 2 is 1.76 bits per heavy atom. The summed E-state index contributed by atoms with van der Waals surface area (Å²) in [5.74, 6) is 0. The number of piperidine rings is 1. The zero-order chi connectivity index (χ0) is 14.7. The third-order valence-corrected chi connectivity index (χ3v) is 5.40. The lowest BCUT2D eigenvalue weighted by atomic mass is 10.0. The fourth-order valence-electron chi connectivity index (χ4n) is 3.52. The minimum Gasteiger partial charge on any atom is -0.304 e. The Kier molecular flexibility index (Phi) is 5.33. The molecule has 0 bridgehead atoms. The van der Waals surface area contributed by atoms with Crippen molar-refractivity contribution in [2.24, 2.45) is 0 Å². The normalized spacial score (nSPS) is 23.5. The van der Waals surface area contributed by atoms with Crippen LogP contribution < -0.4 is 0 Å². The highest BCUT2D eigenvalue weighted by Gasteiger charge is 2.26. The first-order chi connectivity index (χ1) is 10.2. The van der Waals surface area contributed by atoms with Crippen LogP contribution in [0.15, 0.2) is 28.7 Å². The first-order valence-corrected chi connectivity index (χ1v) is 8.89. The fourth-order valence-corrected chi connectivity index (χ4v) is 3.97. The zero-order valence-electron chi connectivity index (χ0n) is 13.0. The van der Waals surface area contributed by atoms with E-state index >= 15 is 0 Å². The summed E-state index contributed by atoms with van der Waals surface area (Å²) in [5.41, 5.74) is 1.42. The average molecular weight is 352 g/mol. The Morgan fingerprint density at radius 1 is 1.05 bits per heavy atom. The molecule has 0 saturated carbocycles. The van der Waals surface area contributed by atoms with Crippen molar-refractivity contribution in [3.63, 3.8) is 0 Å². The van der Waals surface area contributed by atoms with Crippen LogP contribution in [0.5, 0.6) is 0 Å². The van der Waals surface area contributed by atoms with Gasteiger partial charge in [-0.2, -0.15) is 0 Å². The third kappa shape index (κ3) is 4.28. The second kappa shape index (κ2) is 7.23. The fraction of sp³-hybridized carbons (Fsp3) is 0.647. The van der Waals surface area contributed by atoms with E-state index in [-0.39, 0.29) is 0 Å². The molecule has 2 heterocycles. The van der Waals surface area contributed by atoms with Gasteiger partial charge in [-0.15, -0.1) is 0 Å². The number of nitrogens with zero attached hydrogens (tertiary/aromatic N) is 3. The van der Waals surface area contributed by atoms with Crippen LogP contribution >= 0.6 is 15.9 Å². The molecule has 4 heteroatoms. The molecule has 21 heavy (non-hydrogen) atoms. The SMILES string of the molecule is CN1CCN(C2CCN(Cc3cccc(Br)c3)CC2)CC1. The number of hydrogen-bond donors (Lipinski definition) is 0. The lowest BCUT2D eigenvalue weighted by Gasteiger charge is -2.42. The highest BCUT2D eigenvalue weighted by atomic mass is 79.9. The lowest BCUT2D eigenvalue weighted by molar-refractivity contribution is 0.0658. The van der Waals surface area contributed by atoms with Gasteiger partial charge >= 0.3 is 0 Å². The van der Waals surface area contributed by atoms with Crippen LogP contribution in [0.2, 0.25) is 0 Å². The summed E-state index contributed by atoms with van der Waals surface area (Å²) in [7, 11) is 2.23. The standard InChI is InChI=1S/C17H26BrN3/c1-19-9-11-21(12-10-19)17-5-7-20(8-6-17)14-15-3-2-4-16(18)13-15/h2-4,13,17H,5-12,14H2,1H3. The second-order valence-electron chi connectivity index (χ2n) is 6.48. The summed E-state index contributed by atoms with van der Waals surface area (Å²) >= 11 is 3.56. The molecule has 3 rings (SSSR count). The highest BCUT2D eigenvalue weighted by molar-refractivity contribution is 9.10. The molecule has 2 saturated heterocycles. The summed E-state index contributed by atoms with van der Waals surface area (Å²) in [5, 5.41) is 0. The maximum atomic E-state index is 3.56. The van der Waals surface area contributed by atoms with Crippen molar-refractivity contribution in [3.05, 3.63) is 34.3 Å². The van der Waals surface area contributed by atoms with Crippen molar-refractivity contribution < 1.29 is 0 Å². The molecule has 1 aromatic rings. The molecule has 0 aliphatic carbocycles. The number of benzene rings is 1. The Balaban J connectivity index is 1.47. The van der Waals surface area contributed by atoms with Crippen LogP contribution in [0.1, 0.15) is 18.4 Å². The predicted molar refractivity (Wildman–Crippen MR) is 91.5 cm³/mol. The van der Waals surface area contributed by atoms with Gasteiger partial charge in [-0.25, -0.2) is 0 Å². The van der Waals surface area contributed by atoms with E-state index in [4.69, 9.17) is 0 Å². The van der Waals surface area contributed by atoms with E-state index in [0.29, 0.717) is 0 Å². The summed E-state index contributed by atoms with van der Waals surface area (Å²) in [6.07, 6.45) is 2.66. The van der Waals surface area contributed by atoms with Crippen molar-refractivity contribution in [1.82, 2.24) is 14.7 Å². The minimum absolute atomic E-state index is 0.817. The van der Waals surface area contributed by atoms with Crippen molar-refractivity contribution in [2.45, 2.75) is 25.4 Å². The van der Waals surface area contributed by atoms with Crippen LogP contribution in [-0.4, -0.2) is 67.1 Å². The van der Waals surface area contributed by atoms with Gasteiger partial charge in [0, 0.05) is 43.2 Å². The van der Waals surface area contributed by atoms with Crippen LogP contribution in [0, 0.1) is 0 Å². The van der Waals surface area contributed by atoms with Crippen LogP contribution in [0.3, 0.4) is 0 Å². The quantitative estimate of drug-likeness (QED) is 0.828. The summed E-state index contributed by atoms with van der Waals surface area (Å²) in [6.45, 7) is 8.55. The number of piperazine rings is 1. The molecule has 0 aromatic heterocycles. The van der Waals surface area contributed by atoms with Crippen molar-refractivity contribution >= 4 is 15.9 Å². The zero-order valence-corrected chi connectivity index (χ0v) is 14.6. The number of likely N-dealkylation sites (tertiary alicyclic amines) is 1. The summed E-state index contributed by atoms with van der Waals surface area (Å²) < 4.78 is 1.19. The van der Waals surface area contributed by atoms with E-state index in [9.17, 15) is 0 Å². The Labute approximate surface area is 137 Å². The van der Waals surface area contributed by atoms with Gasteiger partial charge in [-0.3, -0.25) is 9.80 Å². The van der Waals surface area contributed by atoms with Crippen molar-refractivity contribution in [3.8, 4) is 0 Å². The number of hydrogen-bond acceptors (Lipinski definition) is 3. The monoisotopic (exact) mass is 351 g/mol. The largest absolute Gasteiger partial charge is 0.304 e. The van der Waals surface area contributed by atoms with Crippen molar-refractivity contribution in [1.29, 1.82) is 0 Å². The molecule has 116 valence electrons. The molecule has 0 atom stereocenters. The Hall–Kier alpha value is -0.420. The second-order valence-corrected chi connectivity index (χ2v) is 7.39. The molecule has 2 fully saturated rings. The lowest BCUT2D eigenvalue weighted by Crippen LogP contribution is -2.52. The molecule has 1 aromatic carbocycles. The molecule has 0 spiro atoms. The maximum absolute atomic E-state index is 3.56. The topological polar surface area (TPSA) is 9.72 Å². The van der Waals surface area contributed by atoms with Gasteiger partial charge in [-0.1, -0.05) is 28.1 Å². The first-order valence-electron chi connectivity index (χ1n) is 8.10. The summed E-state index contributed by atoms with van der Waals surface area (Å²) in [6, 6.07) is 9.53. The molecule has 2 aliphatic rings. The predicted octanol–water partition coefficient (Wildman–Crippen LogP) is 2.66. The van der Waals surface area contributed by atoms with Gasteiger partial charge in [0.1, 0.15) is 0 Å². The molecular formula is C17H26BrN3. The van der Waals surface area contributed by atoms with E-state index in [1.165, 1.54) is 62.1 Å². The van der Waals surface area contributed by atoms with Gasteiger partial charge in [0.25, 0.3) is 0 Å². The highest BCUT2D eigenvalue weighted by Crippen LogP contribution is 2.20. The van der Waals surface area contributed by atoms with Gasteiger partial charge in [0.15, 0.2) is 0 Å². The van der Waals surface area contributed by atoms with Gasteiger partial charge in [0.05, 0.1) is 0 Å². The van der Waals surface area contributed by atoms with E-state index in [1.54, 1.807) is 0 Å². The minimum atomic E-state index is 0.817. The molecule has 3 nitrogen and oxygen atoms in total. The summed E-state index contributed by atoms with van der Waals surface area (Å²) in [4.78, 5) is 7.77. The van der Waals surface area contributed by atoms with Crippen LogP contribution in [0.25, 0.3) is 0 Å². The molecule has 0 amide bonds. The van der Waals surface area contributed by atoms with Gasteiger partial charge in [-0.05, 0) is 50.7 Å². The molecule has 0 radical (unpaired) electrons. The first kappa shape index (κ1) is 15.5. The van der Waals surface area contributed by atoms with E-state index < -0.39 is 0 Å². The smallest absolute Gasteiger partial charge is 0.0234 e. The molecule has 0 unspecified atom stereocenters. The van der Waals surface area contributed by atoms with Crippen molar-refractivity contribution in [2.75, 3.05) is 46.3 Å². The van der Waals surface area contributed by atoms with E-state index in [1.807, 2.05) is 0 Å². The van der Waals surface area contributed by atoms with Crippen LogP contribution in [-0.2, 0) is 6.54 Å². The Morgan fingerprint density at radius 3 is 2.43 bits per heavy atom. The number of rotatable bonds is 3. The van der Waals surface area contributed by atoms with E-state index in [2.05, 4.69) is 61.9 Å².